The molecule has 1 unspecified atom stereocenters. The van der Waals surface area contributed by atoms with Crippen LogP contribution in [0.3, 0.4) is 0 Å². The van der Waals surface area contributed by atoms with Crippen LogP contribution in [0, 0.1) is 5.82 Å². The molecule has 23 heavy (non-hydrogen) atoms. The van der Waals surface area contributed by atoms with Gasteiger partial charge in [-0.15, -0.1) is 0 Å². The molecule has 1 aromatic carbocycles. The highest BCUT2D eigenvalue weighted by Crippen LogP contribution is 2.32. The Hall–Kier alpha value is -1.35. The van der Waals surface area contributed by atoms with E-state index in [1.54, 1.807) is 6.08 Å². The number of hydrogen-bond donors (Lipinski definition) is 4. The predicted octanol–water partition coefficient (Wildman–Crippen LogP) is 0.391. The van der Waals surface area contributed by atoms with Crippen molar-refractivity contribution in [3.05, 3.63) is 47.3 Å². The Balaban J connectivity index is 2.16. The molecule has 6 nitrogen and oxygen atoms in total. The van der Waals surface area contributed by atoms with E-state index in [1.807, 2.05) is 13.0 Å². The lowest BCUT2D eigenvalue weighted by Crippen LogP contribution is -2.54. The smallest absolute Gasteiger partial charge is 0.184 e. The van der Waals surface area contributed by atoms with E-state index in [4.69, 9.17) is 9.47 Å². The Morgan fingerprint density at radius 1 is 1.17 bits per heavy atom. The number of hydrogen-bond acceptors (Lipinski definition) is 6. The van der Waals surface area contributed by atoms with Crippen LogP contribution in [0.15, 0.2) is 30.4 Å². The third-order valence-corrected chi connectivity index (χ3v) is 3.69. The summed E-state index contributed by atoms with van der Waals surface area (Å²) in [7, 11) is 0. The summed E-state index contributed by atoms with van der Waals surface area (Å²) in [4.78, 5) is 0. The van der Waals surface area contributed by atoms with Crippen LogP contribution >= 0.6 is 0 Å². The van der Waals surface area contributed by atoms with Gasteiger partial charge in [-0.1, -0.05) is 18.2 Å². The van der Waals surface area contributed by atoms with E-state index in [-0.39, 0.29) is 12.2 Å². The minimum absolute atomic E-state index is 0.0283. The Labute approximate surface area is 133 Å². The molecule has 7 heteroatoms. The van der Waals surface area contributed by atoms with Crippen LogP contribution in [0.2, 0.25) is 0 Å². The molecular weight excluding hydrogens is 307 g/mol. The minimum Gasteiger partial charge on any atom is -0.387 e. The number of aliphatic hydroxyl groups excluding tert-OH is 4. The summed E-state index contributed by atoms with van der Waals surface area (Å²) in [6, 6.07) is 4.02. The van der Waals surface area contributed by atoms with Gasteiger partial charge in [-0.3, -0.25) is 0 Å². The lowest BCUT2D eigenvalue weighted by atomic mass is 9.93. The molecule has 0 aliphatic carbocycles. The van der Waals surface area contributed by atoms with Crippen molar-refractivity contribution in [2.45, 2.75) is 44.2 Å². The van der Waals surface area contributed by atoms with E-state index in [0.717, 1.165) is 0 Å². The van der Waals surface area contributed by atoms with E-state index in [1.165, 1.54) is 18.2 Å². The number of allylic oxidation sites excluding steroid dienone is 1. The zero-order valence-electron chi connectivity index (χ0n) is 12.7. The normalized spacial score (nSPS) is 31.7. The molecule has 1 saturated heterocycles. The molecule has 1 aliphatic rings. The van der Waals surface area contributed by atoms with Gasteiger partial charge in [-0.2, -0.15) is 0 Å². The van der Waals surface area contributed by atoms with Crippen LogP contribution in [0.5, 0.6) is 0 Å². The second-order valence-corrected chi connectivity index (χ2v) is 5.35. The summed E-state index contributed by atoms with van der Waals surface area (Å²) in [6.45, 7) is 2.21. The summed E-state index contributed by atoms with van der Waals surface area (Å²) in [5, 5.41) is 38.8. The first-order valence-electron chi connectivity index (χ1n) is 7.30. The maximum absolute atomic E-state index is 13.8. The molecule has 1 aromatic rings. The average molecular weight is 328 g/mol. The zero-order valence-corrected chi connectivity index (χ0v) is 12.7. The van der Waals surface area contributed by atoms with Crippen molar-refractivity contribution in [2.24, 2.45) is 0 Å². The average Bonchev–Trinajstić information content (AvgIpc) is 2.54. The predicted molar refractivity (Wildman–Crippen MR) is 78.7 cm³/mol. The van der Waals surface area contributed by atoms with Crippen molar-refractivity contribution in [2.75, 3.05) is 6.61 Å². The molecule has 0 saturated carbocycles. The maximum atomic E-state index is 13.8. The summed E-state index contributed by atoms with van der Waals surface area (Å²) in [6.07, 6.45) is -3.75. The van der Waals surface area contributed by atoms with Gasteiger partial charge in [-0.05, 0) is 24.6 Å². The molecular formula is C16H21FO6. The second-order valence-electron chi connectivity index (χ2n) is 5.35. The standard InChI is InChI=1S/C16H21FO6/c1-2-3-6-22-8-10-7-9(4-5-11(10)17)15-13(19)12(18)14(20)16(21)23-15/h2-5,7,12-16,18-21H,6,8H2,1H3/b3-2+/t12-,13-,14+,15+,16?/m1/s1. The van der Waals surface area contributed by atoms with Crippen LogP contribution < -0.4 is 0 Å². The van der Waals surface area contributed by atoms with Crippen LogP contribution in [0.4, 0.5) is 4.39 Å². The van der Waals surface area contributed by atoms with Gasteiger partial charge in [0.05, 0.1) is 13.2 Å². The van der Waals surface area contributed by atoms with Crippen LogP contribution in [0.1, 0.15) is 24.2 Å². The van der Waals surface area contributed by atoms with Gasteiger partial charge in [0.1, 0.15) is 30.2 Å². The number of rotatable bonds is 5. The Morgan fingerprint density at radius 3 is 2.61 bits per heavy atom. The SMILES string of the molecule is C/C=C/COCc1cc([C@@H]2OC(O)[C@@H](O)[C@H](O)[C@H]2O)ccc1F. The van der Waals surface area contributed by atoms with Crippen molar-refractivity contribution in [1.29, 1.82) is 0 Å². The highest BCUT2D eigenvalue weighted by Gasteiger charge is 2.43. The third-order valence-electron chi connectivity index (χ3n) is 3.69. The molecule has 0 amide bonds. The van der Waals surface area contributed by atoms with Crippen LogP contribution in [-0.4, -0.2) is 51.6 Å². The van der Waals surface area contributed by atoms with Crippen molar-refractivity contribution in [3.8, 4) is 0 Å². The summed E-state index contributed by atoms with van der Waals surface area (Å²) >= 11 is 0. The highest BCUT2D eigenvalue weighted by molar-refractivity contribution is 5.28. The summed E-state index contributed by atoms with van der Waals surface area (Å²) in [5.41, 5.74) is 0.631. The molecule has 0 spiro atoms. The fraction of sp³-hybridized carbons (Fsp3) is 0.500. The number of benzene rings is 1. The van der Waals surface area contributed by atoms with E-state index in [0.29, 0.717) is 12.2 Å². The van der Waals surface area contributed by atoms with Gasteiger partial charge in [0.15, 0.2) is 6.29 Å². The van der Waals surface area contributed by atoms with Crippen LogP contribution in [-0.2, 0) is 16.1 Å². The van der Waals surface area contributed by atoms with Crippen LogP contribution in [0.25, 0.3) is 0 Å². The van der Waals surface area contributed by atoms with Gasteiger partial charge in [0.2, 0.25) is 0 Å². The third kappa shape index (κ3) is 4.14. The molecule has 5 atom stereocenters. The molecule has 4 N–H and O–H groups in total. The fourth-order valence-electron chi connectivity index (χ4n) is 2.35. The molecule has 0 bridgehead atoms. The molecule has 1 heterocycles. The van der Waals surface area contributed by atoms with E-state index < -0.39 is 36.5 Å². The zero-order chi connectivity index (χ0) is 17.0. The van der Waals surface area contributed by atoms with Crippen molar-refractivity contribution >= 4 is 0 Å². The largest absolute Gasteiger partial charge is 0.387 e. The topological polar surface area (TPSA) is 99.4 Å². The van der Waals surface area contributed by atoms with Gasteiger partial charge >= 0.3 is 0 Å². The number of halogens is 1. The molecule has 1 aliphatic heterocycles. The summed E-state index contributed by atoms with van der Waals surface area (Å²) in [5.74, 6) is -0.472. The Kier molecular flexibility index (Phi) is 6.23. The maximum Gasteiger partial charge on any atom is 0.184 e. The quantitative estimate of drug-likeness (QED) is 0.461. The molecule has 0 aromatic heterocycles. The molecule has 1 fully saturated rings. The van der Waals surface area contributed by atoms with Gasteiger partial charge in [-0.25, -0.2) is 4.39 Å². The molecule has 0 radical (unpaired) electrons. The molecule has 2 rings (SSSR count). The second kappa shape index (κ2) is 7.96. The molecule has 128 valence electrons. The number of ether oxygens (including phenoxy) is 2. The van der Waals surface area contributed by atoms with E-state index in [2.05, 4.69) is 0 Å². The lowest BCUT2D eigenvalue weighted by molar-refractivity contribution is -0.284. The Bertz CT molecular complexity index is 549. The number of aliphatic hydroxyl groups is 4. The van der Waals surface area contributed by atoms with Gasteiger partial charge < -0.3 is 29.9 Å². The van der Waals surface area contributed by atoms with Crippen molar-refractivity contribution in [3.63, 3.8) is 0 Å². The van der Waals surface area contributed by atoms with E-state index in [9.17, 15) is 24.8 Å². The van der Waals surface area contributed by atoms with Gasteiger partial charge in [0.25, 0.3) is 0 Å². The monoisotopic (exact) mass is 328 g/mol. The van der Waals surface area contributed by atoms with Gasteiger partial charge in [0, 0.05) is 5.56 Å². The minimum atomic E-state index is -1.64. The first-order chi connectivity index (χ1) is 11.0. The summed E-state index contributed by atoms with van der Waals surface area (Å²) < 4.78 is 24.2. The lowest BCUT2D eigenvalue weighted by Gasteiger charge is -2.38. The first-order valence-corrected chi connectivity index (χ1v) is 7.30. The first kappa shape index (κ1) is 18.0. The van der Waals surface area contributed by atoms with Crippen molar-refractivity contribution in [1.82, 2.24) is 0 Å². The highest BCUT2D eigenvalue weighted by atomic mass is 19.1. The fourth-order valence-corrected chi connectivity index (χ4v) is 2.35. The van der Waals surface area contributed by atoms with Crippen molar-refractivity contribution < 1.29 is 34.3 Å². The Morgan fingerprint density at radius 2 is 1.91 bits per heavy atom. The van der Waals surface area contributed by atoms with E-state index >= 15 is 0 Å².